The van der Waals surface area contributed by atoms with Gasteiger partial charge in [0.2, 0.25) is 0 Å². The second-order valence-corrected chi connectivity index (χ2v) is 6.42. The Morgan fingerprint density at radius 3 is 1.68 bits per heavy atom. The Kier molecular flexibility index (Phi) is 16.7. The van der Waals surface area contributed by atoms with Crippen molar-refractivity contribution < 1.29 is 10.2 Å². The zero-order valence-electron chi connectivity index (χ0n) is 14.8. The quantitative estimate of drug-likeness (QED) is 0.236. The van der Waals surface area contributed by atoms with E-state index in [-0.39, 0.29) is 0 Å². The van der Waals surface area contributed by atoms with Crippen LogP contribution >= 0.6 is 0 Å². The van der Waals surface area contributed by atoms with Gasteiger partial charge in [-0.05, 0) is 13.0 Å². The summed E-state index contributed by atoms with van der Waals surface area (Å²) in [5, 5.41) is 18.0. The molecule has 3 nitrogen and oxygen atoms in total. The Hall–Kier alpha value is -0.380. The molecule has 0 fully saturated rings. The topological polar surface area (TPSA) is 43.7 Å². The maximum atomic E-state index is 9.02. The van der Waals surface area contributed by atoms with Gasteiger partial charge in [-0.1, -0.05) is 83.6 Å². The molecule has 0 rings (SSSR count). The Morgan fingerprint density at radius 2 is 1.27 bits per heavy atom. The van der Waals surface area contributed by atoms with Gasteiger partial charge >= 0.3 is 0 Å². The van der Waals surface area contributed by atoms with E-state index in [2.05, 4.69) is 13.5 Å². The molecular weight excluding hydrogens is 274 g/mol. The van der Waals surface area contributed by atoms with Crippen molar-refractivity contribution in [1.82, 2.24) is 4.90 Å². The minimum absolute atomic E-state index is 0.323. The Balaban J connectivity index is 3.29. The summed E-state index contributed by atoms with van der Waals surface area (Å²) < 4.78 is 0. The fourth-order valence-electron chi connectivity index (χ4n) is 2.85. The standard InChI is InChI=1S/C19H39NO2/c1-3-5-6-7-8-9-10-11-12-13-14-15-17-20(16-4-2)18-19(21)22/h4,19,21-22H,2-3,5-18H2,1H3. The monoisotopic (exact) mass is 313 g/mol. The average Bonchev–Trinajstić information content (AvgIpc) is 2.48. The smallest absolute Gasteiger partial charge is 0.164 e. The van der Waals surface area contributed by atoms with Crippen molar-refractivity contribution in [2.45, 2.75) is 90.3 Å². The number of hydrogen-bond acceptors (Lipinski definition) is 3. The van der Waals surface area contributed by atoms with Crippen LogP contribution in [0.4, 0.5) is 0 Å². The number of unbranched alkanes of at least 4 members (excludes halogenated alkanes) is 11. The number of nitrogens with zero attached hydrogens (tertiary/aromatic N) is 1. The van der Waals surface area contributed by atoms with E-state index in [1.807, 2.05) is 11.0 Å². The van der Waals surface area contributed by atoms with Crippen LogP contribution in [0.2, 0.25) is 0 Å². The van der Waals surface area contributed by atoms with E-state index in [0.29, 0.717) is 6.54 Å². The molecular formula is C19H39NO2. The van der Waals surface area contributed by atoms with Crippen LogP contribution in [0, 0.1) is 0 Å². The van der Waals surface area contributed by atoms with E-state index < -0.39 is 6.29 Å². The number of hydrogen-bond donors (Lipinski definition) is 2. The largest absolute Gasteiger partial charge is 0.367 e. The number of rotatable bonds is 17. The molecule has 0 aliphatic rings. The molecule has 2 N–H and O–H groups in total. The summed E-state index contributed by atoms with van der Waals surface area (Å²) in [6.07, 6.45) is 16.8. The van der Waals surface area contributed by atoms with Crippen molar-refractivity contribution in [3.05, 3.63) is 12.7 Å². The van der Waals surface area contributed by atoms with Crippen molar-refractivity contribution in [1.29, 1.82) is 0 Å². The van der Waals surface area contributed by atoms with Crippen molar-refractivity contribution >= 4 is 0 Å². The molecule has 0 amide bonds. The molecule has 0 unspecified atom stereocenters. The van der Waals surface area contributed by atoms with Gasteiger partial charge in [0, 0.05) is 13.1 Å². The molecule has 0 heterocycles. The fourth-order valence-corrected chi connectivity index (χ4v) is 2.85. The van der Waals surface area contributed by atoms with Gasteiger partial charge in [-0.25, -0.2) is 0 Å². The molecule has 0 saturated heterocycles. The molecule has 0 saturated carbocycles. The van der Waals surface area contributed by atoms with Crippen molar-refractivity contribution in [3.8, 4) is 0 Å². The van der Waals surface area contributed by atoms with Gasteiger partial charge in [-0.15, -0.1) is 6.58 Å². The third-order valence-corrected chi connectivity index (χ3v) is 4.14. The number of aliphatic hydroxyl groups is 2. The first-order valence-corrected chi connectivity index (χ1v) is 9.40. The molecule has 0 aromatic rings. The summed E-state index contributed by atoms with van der Waals surface area (Å²) in [6.45, 7) is 7.97. The van der Waals surface area contributed by atoms with E-state index in [1.54, 1.807) is 0 Å². The highest BCUT2D eigenvalue weighted by Gasteiger charge is 2.06. The van der Waals surface area contributed by atoms with Gasteiger partial charge in [0.1, 0.15) is 0 Å². The lowest BCUT2D eigenvalue weighted by Crippen LogP contribution is -2.33. The predicted molar refractivity (Wildman–Crippen MR) is 95.9 cm³/mol. The van der Waals surface area contributed by atoms with Gasteiger partial charge in [0.15, 0.2) is 6.29 Å². The Morgan fingerprint density at radius 1 is 0.818 bits per heavy atom. The zero-order chi connectivity index (χ0) is 16.5. The third-order valence-electron chi connectivity index (χ3n) is 4.14. The zero-order valence-corrected chi connectivity index (χ0v) is 14.8. The van der Waals surface area contributed by atoms with Gasteiger partial charge in [-0.2, -0.15) is 0 Å². The third kappa shape index (κ3) is 16.0. The molecule has 0 aromatic heterocycles. The van der Waals surface area contributed by atoms with Crippen molar-refractivity contribution in [2.75, 3.05) is 19.6 Å². The minimum Gasteiger partial charge on any atom is -0.367 e. The molecule has 22 heavy (non-hydrogen) atoms. The first-order chi connectivity index (χ1) is 10.7. The Bertz CT molecular complexity index is 231. The predicted octanol–water partition coefficient (Wildman–Crippen LogP) is 4.49. The summed E-state index contributed by atoms with van der Waals surface area (Å²) in [5.41, 5.74) is 0. The van der Waals surface area contributed by atoms with Crippen molar-refractivity contribution in [3.63, 3.8) is 0 Å². The van der Waals surface area contributed by atoms with Crippen LogP contribution in [0.1, 0.15) is 84.0 Å². The van der Waals surface area contributed by atoms with Gasteiger partial charge in [-0.3, -0.25) is 4.90 Å². The summed E-state index contributed by atoms with van der Waals surface area (Å²) in [6, 6.07) is 0. The molecule has 0 radical (unpaired) electrons. The molecule has 3 heteroatoms. The molecule has 132 valence electrons. The summed E-state index contributed by atoms with van der Waals surface area (Å²) in [4.78, 5) is 2.05. The Labute approximate surface area is 138 Å². The molecule has 0 aliphatic heterocycles. The van der Waals surface area contributed by atoms with Crippen molar-refractivity contribution in [2.24, 2.45) is 0 Å². The van der Waals surface area contributed by atoms with Crippen LogP contribution in [-0.4, -0.2) is 41.0 Å². The average molecular weight is 314 g/mol. The first kappa shape index (κ1) is 21.6. The lowest BCUT2D eigenvalue weighted by atomic mass is 10.1. The second-order valence-electron chi connectivity index (χ2n) is 6.42. The van der Waals surface area contributed by atoms with Gasteiger partial charge in [0.05, 0.1) is 0 Å². The molecule has 0 aromatic carbocycles. The van der Waals surface area contributed by atoms with Crippen LogP contribution in [0.25, 0.3) is 0 Å². The maximum Gasteiger partial charge on any atom is 0.164 e. The highest BCUT2D eigenvalue weighted by molar-refractivity contribution is 4.73. The lowest BCUT2D eigenvalue weighted by molar-refractivity contribution is -0.0596. The van der Waals surface area contributed by atoms with Gasteiger partial charge in [0.25, 0.3) is 0 Å². The highest BCUT2D eigenvalue weighted by Crippen LogP contribution is 2.12. The molecule has 0 aliphatic carbocycles. The molecule has 0 spiro atoms. The highest BCUT2D eigenvalue weighted by atomic mass is 16.5. The summed E-state index contributed by atoms with van der Waals surface area (Å²) >= 11 is 0. The van der Waals surface area contributed by atoms with Crippen LogP contribution in [0.5, 0.6) is 0 Å². The van der Waals surface area contributed by atoms with Gasteiger partial charge < -0.3 is 10.2 Å². The van der Waals surface area contributed by atoms with E-state index in [0.717, 1.165) is 19.5 Å². The number of aliphatic hydroxyl groups excluding tert-OH is 1. The van der Waals surface area contributed by atoms with Crippen LogP contribution in [0.15, 0.2) is 12.7 Å². The normalized spacial score (nSPS) is 11.5. The van der Waals surface area contributed by atoms with Crippen LogP contribution < -0.4 is 0 Å². The summed E-state index contributed by atoms with van der Waals surface area (Å²) in [7, 11) is 0. The fraction of sp³-hybridized carbons (Fsp3) is 0.895. The van der Waals surface area contributed by atoms with Crippen LogP contribution in [-0.2, 0) is 0 Å². The van der Waals surface area contributed by atoms with E-state index in [1.165, 1.54) is 70.6 Å². The van der Waals surface area contributed by atoms with E-state index in [9.17, 15) is 0 Å². The minimum atomic E-state index is -1.24. The molecule has 0 bridgehead atoms. The maximum absolute atomic E-state index is 9.02. The lowest BCUT2D eigenvalue weighted by Gasteiger charge is -2.21. The summed E-state index contributed by atoms with van der Waals surface area (Å²) in [5.74, 6) is 0. The second kappa shape index (κ2) is 17.0. The molecule has 0 atom stereocenters. The van der Waals surface area contributed by atoms with Crippen LogP contribution in [0.3, 0.4) is 0 Å². The first-order valence-electron chi connectivity index (χ1n) is 9.40. The van der Waals surface area contributed by atoms with E-state index in [4.69, 9.17) is 10.2 Å². The SMILES string of the molecule is C=CCN(CCCCCCCCCCCCCC)CC(O)O. The van der Waals surface area contributed by atoms with E-state index >= 15 is 0 Å².